The summed E-state index contributed by atoms with van der Waals surface area (Å²) in [5, 5.41) is 8.75. The Bertz CT molecular complexity index is 773. The molecule has 2 amide bonds. The molecule has 0 unspecified atom stereocenters. The first-order valence-corrected chi connectivity index (χ1v) is 9.63. The molecule has 0 atom stereocenters. The summed E-state index contributed by atoms with van der Waals surface area (Å²) in [6.45, 7) is 7.54. The van der Waals surface area contributed by atoms with Crippen molar-refractivity contribution in [2.45, 2.75) is 27.2 Å². The molecule has 0 aliphatic carbocycles. The van der Waals surface area contributed by atoms with Crippen molar-refractivity contribution >= 4 is 23.2 Å². The van der Waals surface area contributed by atoms with E-state index in [1.165, 1.54) is 0 Å². The van der Waals surface area contributed by atoms with Crippen molar-refractivity contribution in [1.29, 1.82) is 0 Å². The standard InChI is InChI=1S/C22H29N3O3/c1-4-13-23-22(27)17-9-11-18(12-10-17)25-21(26)14-24-19-7-5-6-8-20(19)28-15-16(2)3/h5-12,16,24H,4,13-15H2,1-3H3,(H,23,27)(H,25,26). The van der Waals surface area contributed by atoms with Gasteiger partial charge in [-0.15, -0.1) is 0 Å². The lowest BCUT2D eigenvalue weighted by Crippen LogP contribution is -2.24. The topological polar surface area (TPSA) is 79.5 Å². The normalized spacial score (nSPS) is 10.4. The average molecular weight is 383 g/mol. The van der Waals surface area contributed by atoms with E-state index in [1.807, 2.05) is 31.2 Å². The van der Waals surface area contributed by atoms with Crippen LogP contribution in [0.1, 0.15) is 37.6 Å². The summed E-state index contributed by atoms with van der Waals surface area (Å²) in [6.07, 6.45) is 0.887. The number of nitrogens with one attached hydrogen (secondary N) is 3. The Balaban J connectivity index is 1.87. The van der Waals surface area contributed by atoms with Gasteiger partial charge in [-0.2, -0.15) is 0 Å². The molecule has 0 saturated heterocycles. The fourth-order valence-corrected chi connectivity index (χ4v) is 2.42. The number of hydrogen-bond acceptors (Lipinski definition) is 4. The van der Waals surface area contributed by atoms with E-state index >= 15 is 0 Å². The van der Waals surface area contributed by atoms with Crippen LogP contribution in [-0.2, 0) is 4.79 Å². The first kappa shape index (κ1) is 21.3. The minimum atomic E-state index is -0.179. The van der Waals surface area contributed by atoms with Gasteiger partial charge in [0, 0.05) is 17.8 Å². The maximum absolute atomic E-state index is 12.2. The number of carbonyl (C=O) groups excluding carboxylic acids is 2. The monoisotopic (exact) mass is 383 g/mol. The maximum atomic E-state index is 12.2. The zero-order valence-electron chi connectivity index (χ0n) is 16.7. The highest BCUT2D eigenvalue weighted by Gasteiger charge is 2.08. The smallest absolute Gasteiger partial charge is 0.251 e. The molecule has 0 aromatic heterocycles. The molecule has 2 aromatic rings. The molecule has 0 radical (unpaired) electrons. The van der Waals surface area contributed by atoms with Gasteiger partial charge < -0.3 is 20.7 Å². The number of benzene rings is 2. The molecule has 0 fully saturated rings. The van der Waals surface area contributed by atoms with Gasteiger partial charge >= 0.3 is 0 Å². The zero-order chi connectivity index (χ0) is 20.4. The van der Waals surface area contributed by atoms with Crippen LogP contribution >= 0.6 is 0 Å². The van der Waals surface area contributed by atoms with Crippen molar-refractivity contribution in [3.05, 3.63) is 54.1 Å². The number of anilines is 2. The molecular weight excluding hydrogens is 354 g/mol. The lowest BCUT2D eigenvalue weighted by atomic mass is 10.2. The molecule has 0 bridgehead atoms. The van der Waals surface area contributed by atoms with Crippen LogP contribution in [-0.4, -0.2) is 31.5 Å². The van der Waals surface area contributed by atoms with Crippen LogP contribution in [0.3, 0.4) is 0 Å². The Kier molecular flexibility index (Phi) is 8.34. The van der Waals surface area contributed by atoms with E-state index in [-0.39, 0.29) is 18.4 Å². The van der Waals surface area contributed by atoms with Gasteiger partial charge in [0.25, 0.3) is 5.91 Å². The van der Waals surface area contributed by atoms with E-state index in [1.54, 1.807) is 24.3 Å². The summed E-state index contributed by atoms with van der Waals surface area (Å²) in [7, 11) is 0. The van der Waals surface area contributed by atoms with Crippen molar-refractivity contribution in [3.63, 3.8) is 0 Å². The predicted octanol–water partition coefficient (Wildman–Crippen LogP) is 3.91. The summed E-state index contributed by atoms with van der Waals surface area (Å²) in [5.41, 5.74) is 1.99. The molecule has 28 heavy (non-hydrogen) atoms. The second-order valence-corrected chi connectivity index (χ2v) is 6.94. The minimum absolute atomic E-state index is 0.112. The zero-order valence-corrected chi connectivity index (χ0v) is 16.7. The molecule has 3 N–H and O–H groups in total. The fourth-order valence-electron chi connectivity index (χ4n) is 2.42. The van der Waals surface area contributed by atoms with E-state index in [9.17, 15) is 9.59 Å². The van der Waals surface area contributed by atoms with E-state index < -0.39 is 0 Å². The fraction of sp³-hybridized carbons (Fsp3) is 0.364. The van der Waals surface area contributed by atoms with Gasteiger partial charge in [0.1, 0.15) is 5.75 Å². The highest BCUT2D eigenvalue weighted by atomic mass is 16.5. The second-order valence-electron chi connectivity index (χ2n) is 6.94. The minimum Gasteiger partial charge on any atom is -0.491 e. The molecule has 6 heteroatoms. The third-order valence-corrected chi connectivity index (χ3v) is 3.87. The van der Waals surface area contributed by atoms with Gasteiger partial charge in [0.05, 0.1) is 18.8 Å². The van der Waals surface area contributed by atoms with Gasteiger partial charge in [-0.25, -0.2) is 0 Å². The van der Waals surface area contributed by atoms with Crippen LogP contribution in [0.4, 0.5) is 11.4 Å². The molecule has 0 heterocycles. The molecule has 0 spiro atoms. The molecule has 0 aliphatic heterocycles. The summed E-state index contributed by atoms with van der Waals surface area (Å²) in [5.74, 6) is 0.857. The first-order chi connectivity index (χ1) is 13.5. The lowest BCUT2D eigenvalue weighted by Gasteiger charge is -2.14. The van der Waals surface area contributed by atoms with Crippen LogP contribution in [0.15, 0.2) is 48.5 Å². The Morgan fingerprint density at radius 1 is 1.04 bits per heavy atom. The Morgan fingerprint density at radius 2 is 1.75 bits per heavy atom. The van der Waals surface area contributed by atoms with Gasteiger partial charge in [0.15, 0.2) is 0 Å². The first-order valence-electron chi connectivity index (χ1n) is 9.63. The lowest BCUT2D eigenvalue weighted by molar-refractivity contribution is -0.114. The Labute approximate surface area is 166 Å². The summed E-state index contributed by atoms with van der Waals surface area (Å²) >= 11 is 0. The maximum Gasteiger partial charge on any atom is 0.251 e. The van der Waals surface area contributed by atoms with E-state index in [4.69, 9.17) is 4.74 Å². The molecule has 0 saturated carbocycles. The van der Waals surface area contributed by atoms with E-state index in [0.29, 0.717) is 30.3 Å². The van der Waals surface area contributed by atoms with Crippen molar-refractivity contribution < 1.29 is 14.3 Å². The highest BCUT2D eigenvalue weighted by Crippen LogP contribution is 2.24. The van der Waals surface area contributed by atoms with Gasteiger partial charge in [-0.1, -0.05) is 32.9 Å². The van der Waals surface area contributed by atoms with Crippen LogP contribution in [0, 0.1) is 5.92 Å². The SMILES string of the molecule is CCCNC(=O)c1ccc(NC(=O)CNc2ccccc2OCC(C)C)cc1. The Hall–Kier alpha value is -3.02. The van der Waals surface area contributed by atoms with Crippen LogP contribution in [0.5, 0.6) is 5.75 Å². The van der Waals surface area contributed by atoms with Crippen molar-refractivity contribution in [2.75, 3.05) is 30.3 Å². The van der Waals surface area contributed by atoms with Gasteiger partial charge in [0.2, 0.25) is 5.91 Å². The van der Waals surface area contributed by atoms with Crippen molar-refractivity contribution in [2.24, 2.45) is 5.92 Å². The molecule has 150 valence electrons. The second kappa shape index (κ2) is 11.0. The molecule has 6 nitrogen and oxygen atoms in total. The molecular formula is C22H29N3O3. The summed E-state index contributed by atoms with van der Waals surface area (Å²) < 4.78 is 5.78. The van der Waals surface area contributed by atoms with Crippen molar-refractivity contribution in [1.82, 2.24) is 5.32 Å². The number of hydrogen-bond donors (Lipinski definition) is 3. The number of para-hydroxylation sites is 2. The summed E-state index contributed by atoms with van der Waals surface area (Å²) in [6, 6.07) is 14.4. The Morgan fingerprint density at radius 3 is 2.43 bits per heavy atom. The number of amides is 2. The van der Waals surface area contributed by atoms with E-state index in [2.05, 4.69) is 29.8 Å². The average Bonchev–Trinajstić information content (AvgIpc) is 2.70. The van der Waals surface area contributed by atoms with Gasteiger partial charge in [-0.3, -0.25) is 9.59 Å². The van der Waals surface area contributed by atoms with Crippen molar-refractivity contribution in [3.8, 4) is 5.75 Å². The quantitative estimate of drug-likeness (QED) is 0.581. The number of ether oxygens (including phenoxy) is 1. The molecule has 2 aromatic carbocycles. The number of rotatable bonds is 10. The highest BCUT2D eigenvalue weighted by molar-refractivity contribution is 5.96. The number of carbonyl (C=O) groups is 2. The largest absolute Gasteiger partial charge is 0.491 e. The van der Waals surface area contributed by atoms with Crippen LogP contribution in [0.25, 0.3) is 0 Å². The summed E-state index contributed by atoms with van der Waals surface area (Å²) in [4.78, 5) is 24.1. The molecule has 2 rings (SSSR count). The predicted molar refractivity (Wildman–Crippen MR) is 113 cm³/mol. The third-order valence-electron chi connectivity index (χ3n) is 3.87. The van der Waals surface area contributed by atoms with Crippen LogP contribution in [0.2, 0.25) is 0 Å². The van der Waals surface area contributed by atoms with Gasteiger partial charge in [-0.05, 0) is 48.7 Å². The van der Waals surface area contributed by atoms with Crippen LogP contribution < -0.4 is 20.7 Å². The molecule has 0 aliphatic rings. The van der Waals surface area contributed by atoms with E-state index in [0.717, 1.165) is 17.9 Å². The third kappa shape index (κ3) is 6.95.